The van der Waals surface area contributed by atoms with Crippen LogP contribution in [0.3, 0.4) is 0 Å². The van der Waals surface area contributed by atoms with Crippen LogP contribution in [0.1, 0.15) is 19.3 Å². The molecule has 0 bridgehead atoms. The number of hydrogen-bond acceptors (Lipinski definition) is 5. The molecule has 1 atom stereocenters. The molecule has 0 fully saturated rings. The number of carbonyl (C=O) groups is 3. The highest BCUT2D eigenvalue weighted by Crippen LogP contribution is 2.01. The highest BCUT2D eigenvalue weighted by molar-refractivity contribution is 5.84. The summed E-state index contributed by atoms with van der Waals surface area (Å²) < 4.78 is 32.3. The second-order valence-electron chi connectivity index (χ2n) is 3.79. The first-order valence-electron chi connectivity index (χ1n) is 5.81. The summed E-state index contributed by atoms with van der Waals surface area (Å²) in [6.45, 7) is -1.02. The van der Waals surface area contributed by atoms with Crippen LogP contribution in [0.4, 0.5) is 8.78 Å². The largest absolute Gasteiger partial charge is 0.480 e. The Morgan fingerprint density at radius 1 is 1.25 bits per heavy atom. The van der Waals surface area contributed by atoms with E-state index < -0.39 is 36.9 Å². The van der Waals surface area contributed by atoms with Crippen molar-refractivity contribution in [3.05, 3.63) is 0 Å². The van der Waals surface area contributed by atoms with Gasteiger partial charge in [0.05, 0.1) is 13.7 Å². The van der Waals surface area contributed by atoms with E-state index in [2.05, 4.69) is 14.8 Å². The number of alkyl halides is 2. The molecule has 0 spiro atoms. The molecule has 0 rings (SSSR count). The van der Waals surface area contributed by atoms with Crippen LogP contribution in [-0.4, -0.2) is 55.7 Å². The van der Waals surface area contributed by atoms with Gasteiger partial charge in [0, 0.05) is 12.8 Å². The van der Waals surface area contributed by atoms with E-state index in [-0.39, 0.29) is 25.9 Å². The topological polar surface area (TPSA) is 102 Å². The van der Waals surface area contributed by atoms with Crippen molar-refractivity contribution in [3.63, 3.8) is 0 Å². The smallest absolute Gasteiger partial charge is 0.326 e. The molecular formula is C11H17F2NO6. The third-order valence-corrected chi connectivity index (χ3v) is 2.22. The van der Waals surface area contributed by atoms with Gasteiger partial charge in [-0.25, -0.2) is 13.6 Å². The third-order valence-electron chi connectivity index (χ3n) is 2.22. The molecule has 0 aromatic heterocycles. The molecule has 20 heavy (non-hydrogen) atoms. The van der Waals surface area contributed by atoms with Gasteiger partial charge in [-0.1, -0.05) is 0 Å². The Morgan fingerprint density at radius 3 is 2.40 bits per heavy atom. The number of hydrogen-bond donors (Lipinski definition) is 2. The van der Waals surface area contributed by atoms with Crippen molar-refractivity contribution in [1.29, 1.82) is 0 Å². The van der Waals surface area contributed by atoms with E-state index in [0.717, 1.165) is 7.11 Å². The Hall–Kier alpha value is -1.77. The van der Waals surface area contributed by atoms with Crippen molar-refractivity contribution in [1.82, 2.24) is 5.32 Å². The van der Waals surface area contributed by atoms with Crippen LogP contribution in [0.2, 0.25) is 0 Å². The molecule has 1 amide bonds. The van der Waals surface area contributed by atoms with Gasteiger partial charge in [-0.2, -0.15) is 0 Å². The van der Waals surface area contributed by atoms with Gasteiger partial charge in [0.1, 0.15) is 12.6 Å². The number of esters is 1. The number of halogens is 2. The lowest BCUT2D eigenvalue weighted by Gasteiger charge is -2.13. The third kappa shape index (κ3) is 9.20. The van der Waals surface area contributed by atoms with Gasteiger partial charge in [0.2, 0.25) is 5.91 Å². The van der Waals surface area contributed by atoms with Crippen molar-refractivity contribution < 1.29 is 37.7 Å². The zero-order valence-electron chi connectivity index (χ0n) is 10.9. The highest BCUT2D eigenvalue weighted by Gasteiger charge is 2.21. The number of nitrogens with one attached hydrogen (secondary N) is 1. The zero-order valence-corrected chi connectivity index (χ0v) is 10.9. The molecule has 0 aliphatic heterocycles. The van der Waals surface area contributed by atoms with Gasteiger partial charge in [-0.3, -0.25) is 9.59 Å². The Kier molecular flexibility index (Phi) is 9.18. The summed E-state index contributed by atoms with van der Waals surface area (Å²) in [7, 11) is 1.16. The summed E-state index contributed by atoms with van der Waals surface area (Å²) in [4.78, 5) is 33.1. The first-order chi connectivity index (χ1) is 9.36. The van der Waals surface area contributed by atoms with Crippen molar-refractivity contribution in [2.45, 2.75) is 31.7 Å². The molecule has 116 valence electrons. The minimum atomic E-state index is -2.62. The predicted molar refractivity (Wildman–Crippen MR) is 62.3 cm³/mol. The fourth-order valence-electron chi connectivity index (χ4n) is 1.23. The summed E-state index contributed by atoms with van der Waals surface area (Å²) >= 11 is 0. The van der Waals surface area contributed by atoms with Crippen molar-refractivity contribution >= 4 is 17.8 Å². The molecule has 0 aliphatic carbocycles. The molecule has 0 aromatic rings. The monoisotopic (exact) mass is 297 g/mol. The van der Waals surface area contributed by atoms with Crippen LogP contribution in [0.25, 0.3) is 0 Å². The molecule has 2 N–H and O–H groups in total. The lowest BCUT2D eigenvalue weighted by molar-refractivity contribution is -0.144. The van der Waals surface area contributed by atoms with Crippen LogP contribution in [0.15, 0.2) is 0 Å². The number of aliphatic carboxylic acids is 1. The van der Waals surface area contributed by atoms with E-state index in [1.165, 1.54) is 0 Å². The van der Waals surface area contributed by atoms with E-state index in [1.54, 1.807) is 0 Å². The molecule has 0 saturated heterocycles. The van der Waals surface area contributed by atoms with Crippen LogP contribution in [0, 0.1) is 0 Å². The van der Waals surface area contributed by atoms with Crippen LogP contribution >= 0.6 is 0 Å². The highest BCUT2D eigenvalue weighted by atomic mass is 19.3. The van der Waals surface area contributed by atoms with Gasteiger partial charge >= 0.3 is 11.9 Å². The average molecular weight is 297 g/mol. The van der Waals surface area contributed by atoms with Crippen LogP contribution < -0.4 is 5.32 Å². The molecule has 0 heterocycles. The lowest BCUT2D eigenvalue weighted by Crippen LogP contribution is -2.41. The Bertz CT molecular complexity index is 337. The maximum Gasteiger partial charge on any atom is 0.326 e. The summed E-state index contributed by atoms with van der Waals surface area (Å²) in [6.07, 6.45) is -3.14. The molecule has 0 saturated carbocycles. The summed E-state index contributed by atoms with van der Waals surface area (Å²) in [6, 6.07) is -1.24. The first kappa shape index (κ1) is 18.2. The second kappa shape index (κ2) is 10.1. The number of ether oxygens (including phenoxy) is 2. The Morgan fingerprint density at radius 2 is 1.90 bits per heavy atom. The van der Waals surface area contributed by atoms with E-state index in [4.69, 9.17) is 5.11 Å². The van der Waals surface area contributed by atoms with Gasteiger partial charge in [0.15, 0.2) is 0 Å². The van der Waals surface area contributed by atoms with Crippen molar-refractivity contribution in [2.24, 2.45) is 0 Å². The predicted octanol–water partition coefficient (Wildman–Crippen LogP) is 0.181. The second-order valence-corrected chi connectivity index (χ2v) is 3.79. The number of rotatable bonds is 10. The van der Waals surface area contributed by atoms with Gasteiger partial charge < -0.3 is 19.9 Å². The van der Waals surface area contributed by atoms with E-state index in [0.29, 0.717) is 0 Å². The molecule has 1 unspecified atom stereocenters. The SMILES string of the molecule is COC(=O)CCC(NC(=O)CCOCC(F)F)C(=O)O. The maximum atomic E-state index is 11.7. The van der Waals surface area contributed by atoms with E-state index >= 15 is 0 Å². The van der Waals surface area contributed by atoms with Gasteiger partial charge in [-0.15, -0.1) is 0 Å². The first-order valence-corrected chi connectivity index (χ1v) is 5.81. The molecule has 7 nitrogen and oxygen atoms in total. The zero-order chi connectivity index (χ0) is 15.5. The fourth-order valence-corrected chi connectivity index (χ4v) is 1.23. The Labute approximate surface area is 114 Å². The maximum absolute atomic E-state index is 11.7. The lowest BCUT2D eigenvalue weighted by atomic mass is 10.1. The molecule has 0 radical (unpaired) electrons. The number of amides is 1. The number of methoxy groups -OCH3 is 1. The molecule has 9 heteroatoms. The minimum absolute atomic E-state index is 0.119. The number of carboxylic acids is 1. The van der Waals surface area contributed by atoms with Crippen LogP contribution in [-0.2, 0) is 23.9 Å². The Balaban J connectivity index is 4.02. The van der Waals surface area contributed by atoms with Crippen LogP contribution in [0.5, 0.6) is 0 Å². The number of carbonyl (C=O) groups excluding carboxylic acids is 2. The normalized spacial score (nSPS) is 12.0. The molecule has 0 aliphatic rings. The summed E-state index contributed by atoms with van der Waals surface area (Å²) in [5.41, 5.74) is 0. The summed E-state index contributed by atoms with van der Waals surface area (Å²) in [5, 5.41) is 11.0. The average Bonchev–Trinajstić information content (AvgIpc) is 2.38. The molecular weight excluding hydrogens is 280 g/mol. The molecule has 0 aromatic carbocycles. The number of carboxylic acid groups (broad SMARTS) is 1. The summed E-state index contributed by atoms with van der Waals surface area (Å²) in [5.74, 6) is -2.54. The minimum Gasteiger partial charge on any atom is -0.480 e. The standard InChI is InChI=1S/C11H17F2NO6/c1-19-10(16)3-2-7(11(17)18)14-9(15)4-5-20-6-8(12)13/h7-8H,2-6H2,1H3,(H,14,15)(H,17,18). The van der Waals surface area contributed by atoms with E-state index in [1.807, 2.05) is 0 Å². The van der Waals surface area contributed by atoms with Gasteiger partial charge in [0.25, 0.3) is 6.43 Å². The van der Waals surface area contributed by atoms with Gasteiger partial charge in [-0.05, 0) is 6.42 Å². The quantitative estimate of drug-likeness (QED) is 0.440. The van der Waals surface area contributed by atoms with Crippen molar-refractivity contribution in [2.75, 3.05) is 20.3 Å². The van der Waals surface area contributed by atoms with E-state index in [9.17, 15) is 23.2 Å². The van der Waals surface area contributed by atoms with Crippen molar-refractivity contribution in [3.8, 4) is 0 Å². The fraction of sp³-hybridized carbons (Fsp3) is 0.727.